The van der Waals surface area contributed by atoms with Gasteiger partial charge in [0.15, 0.2) is 5.78 Å². The normalized spacial score (nSPS) is 21.3. The topological polar surface area (TPSA) is 201 Å². The molecule has 7 N–H and O–H groups in total. The molecule has 1 aromatic carbocycles. The van der Waals surface area contributed by atoms with Crippen molar-refractivity contribution in [3.8, 4) is 0 Å². The molecule has 1 saturated heterocycles. The first-order valence-corrected chi connectivity index (χ1v) is 21.5. The first-order chi connectivity index (χ1) is 27.0. The Morgan fingerprint density at radius 1 is 0.804 bits per heavy atom. The highest BCUT2D eigenvalue weighted by molar-refractivity contribution is 5.92. The number of nitrogens with two attached hydrogens (primary N) is 1. The average Bonchev–Trinajstić information content (AvgIpc) is 3.19. The van der Waals surface area contributed by atoms with Gasteiger partial charge in [-0.1, -0.05) is 153 Å². The van der Waals surface area contributed by atoms with Crippen molar-refractivity contribution in [1.82, 2.24) is 15.5 Å². The molecule has 320 valence electrons. The van der Waals surface area contributed by atoms with Gasteiger partial charge in [-0.15, -0.1) is 0 Å². The third-order valence-electron chi connectivity index (χ3n) is 10.7. The molecule has 2 rings (SSSR count). The molecule has 0 aliphatic carbocycles. The molecule has 0 saturated carbocycles. The van der Waals surface area contributed by atoms with Crippen LogP contribution in [0.15, 0.2) is 30.3 Å². The average molecular weight is 791 g/mol. The van der Waals surface area contributed by atoms with E-state index in [-0.39, 0.29) is 25.5 Å². The number of hydrogen-bond donors (Lipinski definition) is 6. The van der Waals surface area contributed by atoms with Gasteiger partial charge in [-0.3, -0.25) is 20.1 Å². The summed E-state index contributed by atoms with van der Waals surface area (Å²) in [4.78, 5) is 54.5. The summed E-state index contributed by atoms with van der Waals surface area (Å²) in [5.41, 5.74) is 7.67. The van der Waals surface area contributed by atoms with Crippen LogP contribution in [0, 0.1) is 5.92 Å². The molecule has 0 unspecified atom stereocenters. The van der Waals surface area contributed by atoms with Crippen molar-refractivity contribution in [2.24, 2.45) is 11.7 Å². The molecule has 1 heterocycles. The van der Waals surface area contributed by atoms with Gasteiger partial charge < -0.3 is 40.3 Å². The summed E-state index contributed by atoms with van der Waals surface area (Å²) in [6, 6.07) is 7.95. The summed E-state index contributed by atoms with van der Waals surface area (Å²) in [7, 11) is 0. The minimum atomic E-state index is -2.21. The van der Waals surface area contributed by atoms with Gasteiger partial charge in [0.1, 0.15) is 30.8 Å². The highest BCUT2D eigenvalue weighted by atomic mass is 16.6. The molecule has 1 aromatic rings. The van der Waals surface area contributed by atoms with Crippen molar-refractivity contribution in [3.63, 3.8) is 0 Å². The first kappa shape index (κ1) is 49.0. The molecule has 13 heteroatoms. The second-order valence-electron chi connectivity index (χ2n) is 15.5. The Morgan fingerprint density at radius 2 is 1.32 bits per heavy atom. The smallest absolute Gasteiger partial charge is 0.408 e. The Bertz CT molecular complexity index is 1260. The number of amides is 3. The minimum Gasteiger partial charge on any atom is -0.445 e. The molecule has 0 aromatic heterocycles. The van der Waals surface area contributed by atoms with E-state index >= 15 is 0 Å². The fraction of sp³-hybridized carbons (Fsp3) is 0.767. The van der Waals surface area contributed by atoms with E-state index in [4.69, 9.17) is 15.2 Å². The zero-order valence-corrected chi connectivity index (χ0v) is 34.6. The number of ether oxygens (including phenoxy) is 2. The molecule has 0 spiro atoms. The number of Topliss-reactive ketones (excluding diaryl/α,β-unsaturated/α-hetero) is 1. The largest absolute Gasteiger partial charge is 0.445 e. The third-order valence-corrected chi connectivity index (χ3v) is 10.7. The van der Waals surface area contributed by atoms with Gasteiger partial charge in [-0.2, -0.15) is 0 Å². The number of hydrogen-bond acceptors (Lipinski definition) is 10. The van der Waals surface area contributed by atoms with E-state index in [2.05, 4.69) is 24.5 Å². The maximum absolute atomic E-state index is 14.0. The molecule has 6 atom stereocenters. The molecule has 0 bridgehead atoms. The van der Waals surface area contributed by atoms with Gasteiger partial charge in [-0.25, -0.2) is 4.79 Å². The number of aliphatic hydroxyl groups is 3. The van der Waals surface area contributed by atoms with Crippen LogP contribution in [0.4, 0.5) is 4.79 Å². The first-order valence-electron chi connectivity index (χ1n) is 21.5. The zero-order valence-electron chi connectivity index (χ0n) is 34.6. The standard InChI is InChI=1S/C43H74N4O9/c1-4-6-8-10-12-14-16-18-20-25-29-47(37(50)28-24-19-17-15-13-11-9-7-5-2)43(44)38(40(52)39(51)36(31-48)56-43)35(49)30-45-41(53)33(3)46-42(54)55-32-34-26-22-21-23-27-34/h21-23,26-27,33,36,38-40,48,51-52H,4-20,24-25,28-32,44H2,1-3H3,(H,45,53)(H,46,54)/t33-,36+,38+,39+,40+,43-/m0/s1. The van der Waals surface area contributed by atoms with E-state index in [0.717, 1.165) is 56.9 Å². The molecular weight excluding hydrogens is 716 g/mol. The maximum atomic E-state index is 14.0. The van der Waals surface area contributed by atoms with Crippen molar-refractivity contribution >= 4 is 23.7 Å². The number of carbonyl (C=O) groups is 4. The van der Waals surface area contributed by atoms with Crippen LogP contribution >= 0.6 is 0 Å². The van der Waals surface area contributed by atoms with Crippen molar-refractivity contribution in [1.29, 1.82) is 0 Å². The predicted molar refractivity (Wildman–Crippen MR) is 217 cm³/mol. The Kier molecular flexibility index (Phi) is 24.8. The van der Waals surface area contributed by atoms with Gasteiger partial charge in [0.25, 0.3) is 0 Å². The third kappa shape index (κ3) is 17.6. The zero-order chi connectivity index (χ0) is 41.2. The lowest BCUT2D eigenvalue weighted by Crippen LogP contribution is -2.75. The van der Waals surface area contributed by atoms with Crippen LogP contribution in [0.25, 0.3) is 0 Å². The molecular formula is C43H74N4O9. The molecule has 1 fully saturated rings. The Labute approximate surface area is 335 Å². The quantitative estimate of drug-likeness (QED) is 0.0397. The molecule has 13 nitrogen and oxygen atoms in total. The van der Waals surface area contributed by atoms with Gasteiger partial charge >= 0.3 is 6.09 Å². The summed E-state index contributed by atoms with van der Waals surface area (Å²) in [6.45, 7) is 4.62. The second kappa shape index (κ2) is 28.3. The minimum absolute atomic E-state index is 0.00226. The molecule has 3 amide bonds. The van der Waals surface area contributed by atoms with E-state index in [1.807, 2.05) is 18.2 Å². The number of rotatable bonds is 30. The van der Waals surface area contributed by atoms with Crippen LogP contribution in [-0.2, 0) is 30.5 Å². The number of ketones is 1. The number of benzene rings is 1. The van der Waals surface area contributed by atoms with E-state index in [1.54, 1.807) is 12.1 Å². The van der Waals surface area contributed by atoms with Crippen molar-refractivity contribution in [2.45, 2.75) is 186 Å². The summed E-state index contributed by atoms with van der Waals surface area (Å²) >= 11 is 0. The van der Waals surface area contributed by atoms with Crippen LogP contribution in [0.3, 0.4) is 0 Å². The highest BCUT2D eigenvalue weighted by Gasteiger charge is 2.58. The van der Waals surface area contributed by atoms with Crippen LogP contribution in [0.5, 0.6) is 0 Å². The predicted octanol–water partition coefficient (Wildman–Crippen LogP) is 6.00. The van der Waals surface area contributed by atoms with Gasteiger partial charge in [0.05, 0.1) is 19.3 Å². The van der Waals surface area contributed by atoms with Crippen LogP contribution < -0.4 is 16.4 Å². The van der Waals surface area contributed by atoms with E-state index in [1.165, 1.54) is 69.6 Å². The van der Waals surface area contributed by atoms with Crippen LogP contribution in [0.2, 0.25) is 0 Å². The SMILES string of the molecule is CCCCCCCCCCCCN(C(=O)CCCCCCCCCCC)[C@]1(N)O[C@H](CO)[C@@H](O)[C@H](O)[C@H]1C(=O)CNC(=O)[C@H](C)NC(=O)OCc1ccccc1. The van der Waals surface area contributed by atoms with Gasteiger partial charge in [-0.05, 0) is 25.3 Å². The fourth-order valence-corrected chi connectivity index (χ4v) is 7.26. The lowest BCUT2D eigenvalue weighted by atomic mass is 9.82. The Hall–Kier alpha value is -3.10. The van der Waals surface area contributed by atoms with Crippen molar-refractivity contribution in [2.75, 3.05) is 19.7 Å². The molecule has 1 aliphatic heterocycles. The van der Waals surface area contributed by atoms with Crippen LogP contribution in [-0.4, -0.2) is 93.8 Å². The monoisotopic (exact) mass is 791 g/mol. The highest BCUT2D eigenvalue weighted by Crippen LogP contribution is 2.36. The summed E-state index contributed by atoms with van der Waals surface area (Å²) in [6.07, 6.45) is 14.8. The van der Waals surface area contributed by atoms with Crippen molar-refractivity contribution < 1.29 is 44.0 Å². The van der Waals surface area contributed by atoms with E-state index < -0.39 is 67.1 Å². The van der Waals surface area contributed by atoms with Gasteiger partial charge in [0.2, 0.25) is 17.7 Å². The lowest BCUT2D eigenvalue weighted by Gasteiger charge is -2.52. The number of nitrogens with zero attached hydrogens (tertiary/aromatic N) is 1. The fourth-order valence-electron chi connectivity index (χ4n) is 7.26. The summed E-state index contributed by atoms with van der Waals surface area (Å²) in [5.74, 6) is -5.71. The number of alkyl carbamates (subject to hydrolysis) is 1. The second-order valence-corrected chi connectivity index (χ2v) is 15.5. The van der Waals surface area contributed by atoms with Crippen LogP contribution in [0.1, 0.15) is 155 Å². The van der Waals surface area contributed by atoms with Crippen molar-refractivity contribution in [3.05, 3.63) is 35.9 Å². The number of carbonyl (C=O) groups excluding carboxylic acids is 4. The van der Waals surface area contributed by atoms with E-state index in [0.29, 0.717) is 12.8 Å². The van der Waals surface area contributed by atoms with Gasteiger partial charge in [0, 0.05) is 13.0 Å². The summed E-state index contributed by atoms with van der Waals surface area (Å²) in [5, 5.41) is 37.2. The lowest BCUT2D eigenvalue weighted by molar-refractivity contribution is -0.291. The molecule has 1 aliphatic rings. The number of nitrogens with one attached hydrogen (secondary N) is 2. The Balaban J connectivity index is 2.12. The number of aliphatic hydroxyl groups excluding tert-OH is 3. The maximum Gasteiger partial charge on any atom is 0.408 e. The molecule has 56 heavy (non-hydrogen) atoms. The van der Waals surface area contributed by atoms with E-state index in [9.17, 15) is 34.5 Å². The Morgan fingerprint density at radius 3 is 1.86 bits per heavy atom. The molecule has 0 radical (unpaired) electrons. The number of unbranched alkanes of at least 4 members (excludes halogenated alkanes) is 17. The summed E-state index contributed by atoms with van der Waals surface area (Å²) < 4.78 is 11.2.